The fourth-order valence-corrected chi connectivity index (χ4v) is 5.19. The molecule has 10 heteroatoms. The number of methoxy groups -OCH3 is 1. The second-order valence-electron chi connectivity index (χ2n) is 9.69. The van der Waals surface area contributed by atoms with Gasteiger partial charge in [0, 0.05) is 59.1 Å². The molecule has 1 aromatic rings. The molecule has 3 atom stereocenters. The summed E-state index contributed by atoms with van der Waals surface area (Å²) in [5.74, 6) is 0.954. The lowest BCUT2D eigenvalue weighted by molar-refractivity contribution is 0.0000256. The molecule has 1 amide bonds. The van der Waals surface area contributed by atoms with Crippen LogP contribution in [0.5, 0.6) is 5.75 Å². The van der Waals surface area contributed by atoms with Gasteiger partial charge in [0.2, 0.25) is 10.0 Å². The summed E-state index contributed by atoms with van der Waals surface area (Å²) < 4.78 is 43.4. The number of benzene rings is 1. The minimum atomic E-state index is -3.46. The van der Waals surface area contributed by atoms with E-state index in [0.717, 1.165) is 45.4 Å². The lowest BCUT2D eigenvalue weighted by Gasteiger charge is -2.38. The predicted molar refractivity (Wildman–Crippen MR) is 132 cm³/mol. The van der Waals surface area contributed by atoms with Gasteiger partial charge in [-0.25, -0.2) is 8.42 Å². The van der Waals surface area contributed by atoms with Crippen molar-refractivity contribution in [3.05, 3.63) is 23.8 Å². The highest BCUT2D eigenvalue weighted by molar-refractivity contribution is 7.92. The van der Waals surface area contributed by atoms with Gasteiger partial charge in [-0.2, -0.15) is 0 Å². The largest absolute Gasteiger partial charge is 0.491 e. The van der Waals surface area contributed by atoms with Crippen molar-refractivity contribution in [2.75, 3.05) is 64.6 Å². The Morgan fingerprint density at radius 1 is 1.18 bits per heavy atom. The van der Waals surface area contributed by atoms with Crippen LogP contribution in [0.4, 0.5) is 5.69 Å². The van der Waals surface area contributed by atoms with Gasteiger partial charge in [-0.1, -0.05) is 6.92 Å². The van der Waals surface area contributed by atoms with Crippen molar-refractivity contribution in [2.45, 2.75) is 38.8 Å². The molecule has 192 valence electrons. The Morgan fingerprint density at radius 3 is 2.53 bits per heavy atom. The third-order valence-corrected chi connectivity index (χ3v) is 7.32. The average Bonchev–Trinajstić information content (AvgIpc) is 2.79. The van der Waals surface area contributed by atoms with Gasteiger partial charge in [-0.15, -0.1) is 0 Å². The highest BCUT2D eigenvalue weighted by atomic mass is 32.2. The Labute approximate surface area is 203 Å². The Kier molecular flexibility index (Phi) is 9.20. The molecule has 0 spiro atoms. The van der Waals surface area contributed by atoms with Crippen LogP contribution >= 0.6 is 0 Å². The number of carbonyl (C=O) groups excluding carboxylic acids is 1. The summed E-state index contributed by atoms with van der Waals surface area (Å²) >= 11 is 0. The number of rotatable bonds is 5. The number of nitrogens with zero attached hydrogens (tertiary/aromatic N) is 2. The van der Waals surface area contributed by atoms with Crippen molar-refractivity contribution in [3.63, 3.8) is 0 Å². The average molecular weight is 498 g/mol. The third-order valence-electron chi connectivity index (χ3n) is 6.71. The number of nitrogens with one attached hydrogen (secondary N) is 1. The standard InChI is InChI=1S/C24H39N3O6S/c1-17-13-27(14-19-8-10-32-11-9-19)18(2)16-33-22-12-20(25-34(5,29)30)6-7-21(22)24(28)26(3)15-23(17)31-4/h6-7,12,17-19,23,25H,8-11,13-16H2,1-5H3/t17-,18-,23-/m0/s1. The highest BCUT2D eigenvalue weighted by Crippen LogP contribution is 2.28. The second kappa shape index (κ2) is 11.7. The number of carbonyl (C=O) groups is 1. The second-order valence-corrected chi connectivity index (χ2v) is 11.4. The van der Waals surface area contributed by atoms with Crippen molar-refractivity contribution in [1.82, 2.24) is 9.80 Å². The summed E-state index contributed by atoms with van der Waals surface area (Å²) in [4.78, 5) is 17.4. The number of anilines is 1. The Morgan fingerprint density at radius 2 is 1.88 bits per heavy atom. The summed E-state index contributed by atoms with van der Waals surface area (Å²) in [6.45, 7) is 8.49. The number of hydrogen-bond acceptors (Lipinski definition) is 7. The molecule has 2 heterocycles. The summed E-state index contributed by atoms with van der Waals surface area (Å²) in [5.41, 5.74) is 0.756. The zero-order chi connectivity index (χ0) is 24.9. The zero-order valence-corrected chi connectivity index (χ0v) is 21.8. The van der Waals surface area contributed by atoms with Crippen LogP contribution in [0.25, 0.3) is 0 Å². The Bertz CT molecular complexity index is 935. The third kappa shape index (κ3) is 7.31. The molecule has 0 aliphatic carbocycles. The maximum atomic E-state index is 13.3. The first-order valence-electron chi connectivity index (χ1n) is 11.9. The van der Waals surface area contributed by atoms with Crippen molar-refractivity contribution < 1.29 is 27.4 Å². The lowest BCUT2D eigenvalue weighted by Crippen LogP contribution is -2.48. The summed E-state index contributed by atoms with van der Waals surface area (Å²) in [6.07, 6.45) is 3.07. The first kappa shape index (κ1) is 26.7. The molecule has 9 nitrogen and oxygen atoms in total. The molecule has 2 aliphatic rings. The van der Waals surface area contributed by atoms with Gasteiger partial charge in [0.25, 0.3) is 5.91 Å². The minimum absolute atomic E-state index is 0.0921. The van der Waals surface area contributed by atoms with Crippen LogP contribution in [0.1, 0.15) is 37.0 Å². The summed E-state index contributed by atoms with van der Waals surface area (Å²) in [7, 11) is -0.0127. The molecule has 0 saturated carbocycles. The molecular weight excluding hydrogens is 458 g/mol. The van der Waals surface area contributed by atoms with E-state index in [-0.39, 0.29) is 24.0 Å². The summed E-state index contributed by atoms with van der Waals surface area (Å²) in [6, 6.07) is 4.87. The molecule has 2 aliphatic heterocycles. The van der Waals surface area contributed by atoms with Gasteiger partial charge >= 0.3 is 0 Å². The molecule has 34 heavy (non-hydrogen) atoms. The Hall–Kier alpha value is -1.88. The number of likely N-dealkylation sites (N-methyl/N-ethyl adjacent to an activating group) is 1. The van der Waals surface area contributed by atoms with Crippen LogP contribution in [0.2, 0.25) is 0 Å². The maximum Gasteiger partial charge on any atom is 0.257 e. The van der Waals surface area contributed by atoms with Crippen molar-refractivity contribution >= 4 is 21.6 Å². The highest BCUT2D eigenvalue weighted by Gasteiger charge is 2.30. The fourth-order valence-electron chi connectivity index (χ4n) is 4.64. The monoisotopic (exact) mass is 497 g/mol. The van der Waals surface area contributed by atoms with E-state index in [1.807, 2.05) is 0 Å². The maximum absolute atomic E-state index is 13.3. The summed E-state index contributed by atoms with van der Waals surface area (Å²) in [5, 5.41) is 0. The van der Waals surface area contributed by atoms with E-state index in [2.05, 4.69) is 23.5 Å². The SMILES string of the molecule is CO[C@H]1CN(C)C(=O)c2ccc(NS(C)(=O)=O)cc2OC[C@H](C)N(CC2CCOCC2)C[C@@H]1C. The van der Waals surface area contributed by atoms with Crippen molar-refractivity contribution in [3.8, 4) is 5.75 Å². The number of amides is 1. The molecular formula is C24H39N3O6S. The zero-order valence-electron chi connectivity index (χ0n) is 21.0. The molecule has 0 bridgehead atoms. The normalized spacial score (nSPS) is 26.2. The van der Waals surface area contributed by atoms with Gasteiger partial charge in [0.05, 0.1) is 23.6 Å². The molecule has 1 fully saturated rings. The first-order valence-corrected chi connectivity index (χ1v) is 13.8. The van der Waals surface area contributed by atoms with Gasteiger partial charge in [0.15, 0.2) is 0 Å². The van der Waals surface area contributed by atoms with Crippen LogP contribution in [0, 0.1) is 11.8 Å². The molecule has 0 unspecified atom stereocenters. The fraction of sp³-hybridized carbons (Fsp3) is 0.708. The van der Waals surface area contributed by atoms with Crippen molar-refractivity contribution in [2.24, 2.45) is 11.8 Å². The quantitative estimate of drug-likeness (QED) is 0.667. The van der Waals surface area contributed by atoms with Crippen LogP contribution < -0.4 is 9.46 Å². The van der Waals surface area contributed by atoms with E-state index < -0.39 is 10.0 Å². The number of hydrogen-bond donors (Lipinski definition) is 1. The van der Waals surface area contributed by atoms with Crippen LogP contribution in [0.3, 0.4) is 0 Å². The number of fused-ring (bicyclic) bond motifs is 1. The van der Waals surface area contributed by atoms with E-state index in [4.69, 9.17) is 14.2 Å². The molecule has 3 rings (SSSR count). The predicted octanol–water partition coefficient (Wildman–Crippen LogP) is 2.29. The van der Waals surface area contributed by atoms with E-state index >= 15 is 0 Å². The van der Waals surface area contributed by atoms with Crippen LogP contribution in [0.15, 0.2) is 18.2 Å². The van der Waals surface area contributed by atoms with Crippen LogP contribution in [-0.2, 0) is 19.5 Å². The Balaban J connectivity index is 1.91. The van der Waals surface area contributed by atoms with E-state index in [0.29, 0.717) is 36.1 Å². The minimum Gasteiger partial charge on any atom is -0.491 e. The molecule has 1 aromatic carbocycles. The van der Waals surface area contributed by atoms with Gasteiger partial charge in [-0.3, -0.25) is 14.4 Å². The number of sulfonamides is 1. The smallest absolute Gasteiger partial charge is 0.257 e. The molecule has 1 N–H and O–H groups in total. The topological polar surface area (TPSA) is 97.4 Å². The van der Waals surface area contributed by atoms with E-state index in [1.54, 1.807) is 37.3 Å². The lowest BCUT2D eigenvalue weighted by atomic mass is 9.96. The van der Waals surface area contributed by atoms with E-state index in [1.165, 1.54) is 0 Å². The van der Waals surface area contributed by atoms with Crippen molar-refractivity contribution in [1.29, 1.82) is 0 Å². The molecule has 0 aromatic heterocycles. The van der Waals surface area contributed by atoms with Crippen LogP contribution in [-0.4, -0.2) is 96.1 Å². The first-order chi connectivity index (χ1) is 16.1. The van der Waals surface area contributed by atoms with Gasteiger partial charge in [0.1, 0.15) is 12.4 Å². The number of ether oxygens (including phenoxy) is 3. The van der Waals surface area contributed by atoms with Gasteiger partial charge < -0.3 is 19.1 Å². The van der Waals surface area contributed by atoms with Gasteiger partial charge in [-0.05, 0) is 43.7 Å². The molecule has 0 radical (unpaired) electrons. The molecule has 1 saturated heterocycles. The van der Waals surface area contributed by atoms with E-state index in [9.17, 15) is 13.2 Å².